The van der Waals surface area contributed by atoms with Crippen molar-refractivity contribution >= 4 is 5.91 Å². The number of amides is 1. The second kappa shape index (κ2) is 9.25. The molecule has 0 saturated carbocycles. The van der Waals surface area contributed by atoms with Gasteiger partial charge in [-0.05, 0) is 56.5 Å². The van der Waals surface area contributed by atoms with Gasteiger partial charge in [-0.2, -0.15) is 5.10 Å². The van der Waals surface area contributed by atoms with Crippen LogP contribution in [0.2, 0.25) is 0 Å². The summed E-state index contributed by atoms with van der Waals surface area (Å²) in [5, 5.41) is 7.76. The lowest BCUT2D eigenvalue weighted by molar-refractivity contribution is -0.122. The van der Waals surface area contributed by atoms with Gasteiger partial charge in [0, 0.05) is 12.1 Å². The number of aryl methyl sites for hydroxylation is 2. The van der Waals surface area contributed by atoms with Gasteiger partial charge in [0.05, 0.1) is 17.8 Å². The number of ether oxygens (including phenoxy) is 2. The number of benzene rings is 2. The standard InChI is InChI=1S/C25H29N3O3/c1-17-13-18(2)28(27-17)19(3)14-25(29)26-22(15-20-7-5-4-6-8-20)21-9-10-23-24(16-21)31-12-11-30-23/h4-10,13,16,19,22H,11-12,14-15H2,1-3H3,(H,26,29)/t19-,22+/m1/s1. The largest absolute Gasteiger partial charge is 0.486 e. The lowest BCUT2D eigenvalue weighted by atomic mass is 9.98. The fourth-order valence-corrected chi connectivity index (χ4v) is 4.08. The molecule has 4 rings (SSSR count). The van der Waals surface area contributed by atoms with Crippen LogP contribution in [0.15, 0.2) is 54.6 Å². The summed E-state index contributed by atoms with van der Waals surface area (Å²) in [7, 11) is 0. The van der Waals surface area contributed by atoms with Crippen LogP contribution >= 0.6 is 0 Å². The Bertz CT molecular complexity index is 1050. The van der Waals surface area contributed by atoms with Crippen LogP contribution in [0, 0.1) is 13.8 Å². The Morgan fingerprint density at radius 1 is 1.06 bits per heavy atom. The molecular weight excluding hydrogens is 390 g/mol. The molecule has 1 N–H and O–H groups in total. The minimum atomic E-state index is -0.168. The number of carbonyl (C=O) groups is 1. The second-order valence-corrected chi connectivity index (χ2v) is 8.14. The van der Waals surface area contributed by atoms with Gasteiger partial charge in [0.1, 0.15) is 13.2 Å². The van der Waals surface area contributed by atoms with E-state index in [1.54, 1.807) is 0 Å². The third-order valence-electron chi connectivity index (χ3n) is 5.53. The molecule has 31 heavy (non-hydrogen) atoms. The highest BCUT2D eigenvalue weighted by Crippen LogP contribution is 2.33. The van der Waals surface area contributed by atoms with Crippen LogP contribution in [-0.2, 0) is 11.2 Å². The number of nitrogens with zero attached hydrogens (tertiary/aromatic N) is 2. The summed E-state index contributed by atoms with van der Waals surface area (Å²) in [6, 6.07) is 17.9. The van der Waals surface area contributed by atoms with E-state index in [9.17, 15) is 4.79 Å². The monoisotopic (exact) mass is 419 g/mol. The molecule has 1 aromatic heterocycles. The van der Waals surface area contributed by atoms with Crippen LogP contribution in [0.3, 0.4) is 0 Å². The van der Waals surface area contributed by atoms with E-state index in [0.717, 1.165) is 34.0 Å². The van der Waals surface area contributed by atoms with Crippen molar-refractivity contribution in [1.82, 2.24) is 15.1 Å². The molecule has 162 valence electrons. The summed E-state index contributed by atoms with van der Waals surface area (Å²) in [4.78, 5) is 13.0. The van der Waals surface area contributed by atoms with Gasteiger partial charge in [-0.25, -0.2) is 0 Å². The zero-order chi connectivity index (χ0) is 21.8. The van der Waals surface area contributed by atoms with Crippen molar-refractivity contribution in [2.45, 2.75) is 45.7 Å². The Labute approximate surface area is 183 Å². The molecule has 2 atom stereocenters. The number of hydrogen-bond acceptors (Lipinski definition) is 4. The normalized spacial score (nSPS) is 14.7. The molecule has 3 aromatic rings. The average molecular weight is 420 g/mol. The quantitative estimate of drug-likeness (QED) is 0.619. The van der Waals surface area contributed by atoms with Crippen molar-refractivity contribution < 1.29 is 14.3 Å². The first kappa shape index (κ1) is 21.0. The molecule has 2 heterocycles. The van der Waals surface area contributed by atoms with Crippen LogP contribution in [-0.4, -0.2) is 28.9 Å². The van der Waals surface area contributed by atoms with E-state index in [4.69, 9.17) is 9.47 Å². The Balaban J connectivity index is 1.53. The topological polar surface area (TPSA) is 65.4 Å². The fraction of sp³-hybridized carbons (Fsp3) is 0.360. The Morgan fingerprint density at radius 3 is 2.52 bits per heavy atom. The predicted octanol–water partition coefficient (Wildman–Crippen LogP) is 4.32. The van der Waals surface area contributed by atoms with E-state index in [1.165, 1.54) is 0 Å². The molecule has 0 radical (unpaired) electrons. The van der Waals surface area contributed by atoms with Crippen LogP contribution in [0.1, 0.15) is 47.9 Å². The Hall–Kier alpha value is -3.28. The summed E-state index contributed by atoms with van der Waals surface area (Å²) in [6.07, 6.45) is 1.05. The number of rotatable bonds is 7. The van der Waals surface area contributed by atoms with Gasteiger partial charge in [-0.3, -0.25) is 9.48 Å². The van der Waals surface area contributed by atoms with Crippen molar-refractivity contribution in [3.63, 3.8) is 0 Å². The number of hydrogen-bond donors (Lipinski definition) is 1. The lowest BCUT2D eigenvalue weighted by Crippen LogP contribution is -2.32. The molecular formula is C25H29N3O3. The molecule has 0 unspecified atom stereocenters. The highest BCUT2D eigenvalue weighted by Gasteiger charge is 2.21. The Kier molecular flexibility index (Phi) is 6.26. The average Bonchev–Trinajstić information content (AvgIpc) is 3.11. The molecule has 0 aliphatic carbocycles. The van der Waals surface area contributed by atoms with E-state index >= 15 is 0 Å². The van der Waals surface area contributed by atoms with Gasteiger partial charge in [-0.15, -0.1) is 0 Å². The predicted molar refractivity (Wildman–Crippen MR) is 119 cm³/mol. The number of nitrogens with one attached hydrogen (secondary N) is 1. The van der Waals surface area contributed by atoms with Gasteiger partial charge in [0.15, 0.2) is 11.5 Å². The first-order valence-corrected chi connectivity index (χ1v) is 10.7. The summed E-state index contributed by atoms with van der Waals surface area (Å²) >= 11 is 0. The SMILES string of the molecule is Cc1cc(C)n([C@H](C)CC(=O)N[C@@H](Cc2ccccc2)c2ccc3c(c2)OCCO3)n1. The van der Waals surface area contributed by atoms with Crippen LogP contribution < -0.4 is 14.8 Å². The van der Waals surface area contributed by atoms with Crippen LogP contribution in [0.5, 0.6) is 11.5 Å². The zero-order valence-corrected chi connectivity index (χ0v) is 18.3. The highest BCUT2D eigenvalue weighted by molar-refractivity contribution is 5.77. The molecule has 6 heteroatoms. The van der Waals surface area contributed by atoms with Crippen LogP contribution in [0.25, 0.3) is 0 Å². The minimum Gasteiger partial charge on any atom is -0.486 e. The van der Waals surface area contributed by atoms with Gasteiger partial charge >= 0.3 is 0 Å². The fourth-order valence-electron chi connectivity index (χ4n) is 4.08. The van der Waals surface area contributed by atoms with E-state index in [2.05, 4.69) is 22.5 Å². The summed E-state index contributed by atoms with van der Waals surface area (Å²) in [5.41, 5.74) is 4.18. The van der Waals surface area contributed by atoms with Crippen molar-refractivity contribution in [2.75, 3.05) is 13.2 Å². The van der Waals surface area contributed by atoms with Gasteiger partial charge in [0.25, 0.3) is 0 Å². The molecule has 1 aliphatic rings. The third kappa shape index (κ3) is 5.08. The number of fused-ring (bicyclic) bond motifs is 1. The van der Waals surface area contributed by atoms with Crippen LogP contribution in [0.4, 0.5) is 0 Å². The molecule has 6 nitrogen and oxygen atoms in total. The highest BCUT2D eigenvalue weighted by atomic mass is 16.6. The maximum absolute atomic E-state index is 13.0. The molecule has 0 spiro atoms. The number of aromatic nitrogens is 2. The van der Waals surface area contributed by atoms with Crippen molar-refractivity contribution in [2.24, 2.45) is 0 Å². The van der Waals surface area contributed by atoms with Gasteiger partial charge in [0.2, 0.25) is 5.91 Å². The van der Waals surface area contributed by atoms with Gasteiger partial charge < -0.3 is 14.8 Å². The third-order valence-corrected chi connectivity index (χ3v) is 5.53. The molecule has 0 fully saturated rings. The van der Waals surface area contributed by atoms with E-state index in [-0.39, 0.29) is 18.0 Å². The summed E-state index contributed by atoms with van der Waals surface area (Å²) in [6.45, 7) is 7.10. The summed E-state index contributed by atoms with van der Waals surface area (Å²) in [5.74, 6) is 1.47. The van der Waals surface area contributed by atoms with E-state index < -0.39 is 0 Å². The van der Waals surface area contributed by atoms with E-state index in [1.807, 2.05) is 67.9 Å². The molecule has 0 bridgehead atoms. The number of carbonyl (C=O) groups excluding carboxylic acids is 1. The zero-order valence-electron chi connectivity index (χ0n) is 18.3. The van der Waals surface area contributed by atoms with Crippen molar-refractivity contribution in [3.8, 4) is 11.5 Å². The smallest absolute Gasteiger partial charge is 0.222 e. The molecule has 2 aromatic carbocycles. The first-order valence-electron chi connectivity index (χ1n) is 10.7. The maximum atomic E-state index is 13.0. The van der Waals surface area contributed by atoms with Crippen molar-refractivity contribution in [3.05, 3.63) is 77.1 Å². The summed E-state index contributed by atoms with van der Waals surface area (Å²) < 4.78 is 13.3. The molecule has 1 aliphatic heterocycles. The van der Waals surface area contributed by atoms with E-state index in [0.29, 0.717) is 26.1 Å². The molecule has 0 saturated heterocycles. The lowest BCUT2D eigenvalue weighted by Gasteiger charge is -2.24. The van der Waals surface area contributed by atoms with Gasteiger partial charge in [-0.1, -0.05) is 36.4 Å². The Morgan fingerprint density at radius 2 is 1.81 bits per heavy atom. The minimum absolute atomic E-state index is 0.00382. The molecule has 1 amide bonds. The maximum Gasteiger partial charge on any atom is 0.222 e. The van der Waals surface area contributed by atoms with Crippen molar-refractivity contribution in [1.29, 1.82) is 0 Å². The second-order valence-electron chi connectivity index (χ2n) is 8.14. The first-order chi connectivity index (χ1) is 15.0.